The standard InChI is InChI=1S/C25H21ClFN3O2/c1-16-5-4-6-18-13-19(24(31)29-23(16)18)15-30(14-17-9-11-20(27)12-10-17)25(32)28-22-8-3-2-7-21(22)26/h2-13H,14-15H2,1H3,(H,28,32)(H,29,31). The summed E-state index contributed by atoms with van der Waals surface area (Å²) in [5.74, 6) is -0.359. The van der Waals surface area contributed by atoms with Crippen molar-refractivity contribution in [1.82, 2.24) is 9.88 Å². The quantitative estimate of drug-likeness (QED) is 0.400. The molecule has 32 heavy (non-hydrogen) atoms. The van der Waals surface area contributed by atoms with Crippen LogP contribution in [0.3, 0.4) is 0 Å². The highest BCUT2D eigenvalue weighted by molar-refractivity contribution is 6.33. The van der Waals surface area contributed by atoms with Crippen LogP contribution >= 0.6 is 11.6 Å². The van der Waals surface area contributed by atoms with Crippen molar-refractivity contribution in [3.63, 3.8) is 0 Å². The second-order valence-electron chi connectivity index (χ2n) is 7.56. The Balaban J connectivity index is 1.67. The molecule has 2 amide bonds. The van der Waals surface area contributed by atoms with Gasteiger partial charge in [0, 0.05) is 12.1 Å². The number of H-pyrrole nitrogens is 1. The first-order chi connectivity index (χ1) is 15.4. The largest absolute Gasteiger partial charge is 0.322 e. The zero-order valence-electron chi connectivity index (χ0n) is 17.4. The van der Waals surface area contributed by atoms with E-state index in [1.165, 1.54) is 17.0 Å². The summed E-state index contributed by atoms with van der Waals surface area (Å²) in [5, 5.41) is 4.08. The highest BCUT2D eigenvalue weighted by atomic mass is 35.5. The van der Waals surface area contributed by atoms with Gasteiger partial charge in [0.05, 0.1) is 22.8 Å². The number of rotatable bonds is 5. The summed E-state index contributed by atoms with van der Waals surface area (Å²) in [4.78, 5) is 30.3. The van der Waals surface area contributed by atoms with Crippen molar-refractivity contribution >= 4 is 34.2 Å². The van der Waals surface area contributed by atoms with Crippen molar-refractivity contribution in [2.24, 2.45) is 0 Å². The normalized spacial score (nSPS) is 10.8. The molecule has 3 aromatic carbocycles. The van der Waals surface area contributed by atoms with Crippen LogP contribution in [-0.4, -0.2) is 15.9 Å². The van der Waals surface area contributed by atoms with E-state index < -0.39 is 6.03 Å². The topological polar surface area (TPSA) is 65.2 Å². The molecule has 5 nitrogen and oxygen atoms in total. The highest BCUT2D eigenvalue weighted by Gasteiger charge is 2.18. The van der Waals surface area contributed by atoms with Gasteiger partial charge in [0.15, 0.2) is 0 Å². The number of benzene rings is 3. The fraction of sp³-hybridized carbons (Fsp3) is 0.120. The first-order valence-corrected chi connectivity index (χ1v) is 10.4. The number of nitrogens with one attached hydrogen (secondary N) is 2. The lowest BCUT2D eigenvalue weighted by atomic mass is 10.1. The average Bonchev–Trinajstić information content (AvgIpc) is 2.77. The number of pyridine rings is 1. The van der Waals surface area contributed by atoms with E-state index in [0.717, 1.165) is 22.0 Å². The number of anilines is 1. The molecule has 162 valence electrons. The summed E-state index contributed by atoms with van der Waals surface area (Å²) >= 11 is 6.19. The monoisotopic (exact) mass is 449 g/mol. The summed E-state index contributed by atoms with van der Waals surface area (Å²) in [5.41, 5.74) is 3.11. The third kappa shape index (κ3) is 4.81. The van der Waals surface area contributed by atoms with Crippen molar-refractivity contribution < 1.29 is 9.18 Å². The summed E-state index contributed by atoms with van der Waals surface area (Å²) in [7, 11) is 0. The van der Waals surface area contributed by atoms with E-state index in [2.05, 4.69) is 10.3 Å². The number of aromatic nitrogens is 1. The third-order valence-corrected chi connectivity index (χ3v) is 5.55. The maximum absolute atomic E-state index is 13.3. The molecule has 2 N–H and O–H groups in total. The Morgan fingerprint density at radius 1 is 1.03 bits per heavy atom. The van der Waals surface area contributed by atoms with Gasteiger partial charge in [-0.2, -0.15) is 0 Å². The number of fused-ring (bicyclic) bond motifs is 1. The summed E-state index contributed by atoms with van der Waals surface area (Å²) in [6, 6.07) is 19.9. The van der Waals surface area contributed by atoms with Gasteiger partial charge in [0.1, 0.15) is 5.82 Å². The van der Waals surface area contributed by atoms with Gasteiger partial charge in [-0.1, -0.05) is 54.1 Å². The molecule has 0 saturated carbocycles. The minimum atomic E-state index is -0.425. The number of nitrogens with zero attached hydrogens (tertiary/aromatic N) is 1. The van der Waals surface area contributed by atoms with Gasteiger partial charge in [-0.15, -0.1) is 0 Å². The van der Waals surface area contributed by atoms with E-state index in [-0.39, 0.29) is 24.5 Å². The molecule has 0 radical (unpaired) electrons. The molecule has 0 saturated heterocycles. The lowest BCUT2D eigenvalue weighted by molar-refractivity contribution is 0.206. The molecule has 0 spiro atoms. The fourth-order valence-corrected chi connectivity index (χ4v) is 3.70. The van der Waals surface area contributed by atoms with Crippen molar-refractivity contribution in [2.45, 2.75) is 20.0 Å². The Bertz CT molecular complexity index is 1340. The van der Waals surface area contributed by atoms with Crippen LogP contribution in [0, 0.1) is 12.7 Å². The van der Waals surface area contributed by atoms with Crippen molar-refractivity contribution in [3.05, 3.63) is 111 Å². The van der Waals surface area contributed by atoms with Crippen molar-refractivity contribution in [1.29, 1.82) is 0 Å². The van der Waals surface area contributed by atoms with E-state index in [9.17, 15) is 14.0 Å². The van der Waals surface area contributed by atoms with Crippen LogP contribution in [0.5, 0.6) is 0 Å². The smallest absolute Gasteiger partial charge is 0.321 e. The Kier molecular flexibility index (Phi) is 6.23. The first kappa shape index (κ1) is 21.6. The van der Waals surface area contributed by atoms with Crippen LogP contribution in [0.2, 0.25) is 5.02 Å². The fourth-order valence-electron chi connectivity index (χ4n) is 3.52. The SMILES string of the molecule is Cc1cccc2cc(CN(Cc3ccc(F)cc3)C(=O)Nc3ccccc3Cl)c(=O)[nH]c12. The molecule has 0 fully saturated rings. The Morgan fingerprint density at radius 2 is 1.78 bits per heavy atom. The van der Waals surface area contributed by atoms with Gasteiger partial charge < -0.3 is 15.2 Å². The molecular formula is C25H21ClFN3O2. The van der Waals surface area contributed by atoms with Gasteiger partial charge in [0.2, 0.25) is 0 Å². The molecule has 0 aliphatic carbocycles. The number of aryl methyl sites for hydroxylation is 1. The average molecular weight is 450 g/mol. The van der Waals surface area contributed by atoms with Gasteiger partial charge in [-0.3, -0.25) is 4.79 Å². The first-order valence-electron chi connectivity index (χ1n) is 10.1. The minimum Gasteiger partial charge on any atom is -0.321 e. The van der Waals surface area contributed by atoms with E-state index in [1.54, 1.807) is 42.5 Å². The molecule has 4 aromatic rings. The maximum Gasteiger partial charge on any atom is 0.322 e. The van der Waals surface area contributed by atoms with E-state index in [1.807, 2.05) is 25.1 Å². The van der Waals surface area contributed by atoms with Crippen molar-refractivity contribution in [2.75, 3.05) is 5.32 Å². The predicted molar refractivity (Wildman–Crippen MR) is 125 cm³/mol. The summed E-state index contributed by atoms with van der Waals surface area (Å²) < 4.78 is 13.3. The molecule has 0 aliphatic heterocycles. The number of hydrogen-bond acceptors (Lipinski definition) is 2. The van der Waals surface area contributed by atoms with Crippen LogP contribution in [0.25, 0.3) is 10.9 Å². The Morgan fingerprint density at radius 3 is 2.53 bits per heavy atom. The Labute approximate surface area is 189 Å². The second kappa shape index (κ2) is 9.24. The van der Waals surface area contributed by atoms with Gasteiger partial charge in [-0.05, 0) is 53.8 Å². The number of carbonyl (C=O) groups excluding carboxylic acids is 1. The number of amides is 2. The number of para-hydroxylation sites is 2. The predicted octanol–water partition coefficient (Wildman–Crippen LogP) is 5.86. The van der Waals surface area contributed by atoms with Crippen LogP contribution in [0.4, 0.5) is 14.9 Å². The maximum atomic E-state index is 13.3. The molecule has 1 heterocycles. The number of hydrogen-bond donors (Lipinski definition) is 2. The highest BCUT2D eigenvalue weighted by Crippen LogP contribution is 2.22. The zero-order chi connectivity index (χ0) is 22.7. The molecular weight excluding hydrogens is 429 g/mol. The van der Waals surface area contributed by atoms with E-state index in [4.69, 9.17) is 11.6 Å². The Hall–Kier alpha value is -3.64. The lowest BCUT2D eigenvalue weighted by Gasteiger charge is -2.23. The van der Waals surface area contributed by atoms with E-state index >= 15 is 0 Å². The summed E-state index contributed by atoms with van der Waals surface area (Å²) in [6.45, 7) is 2.17. The third-order valence-electron chi connectivity index (χ3n) is 5.22. The number of carbonyl (C=O) groups is 1. The van der Waals surface area contributed by atoms with Gasteiger partial charge in [0.25, 0.3) is 5.56 Å². The van der Waals surface area contributed by atoms with Crippen molar-refractivity contribution in [3.8, 4) is 0 Å². The lowest BCUT2D eigenvalue weighted by Crippen LogP contribution is -2.35. The van der Waals surface area contributed by atoms with E-state index in [0.29, 0.717) is 16.3 Å². The number of aromatic amines is 1. The zero-order valence-corrected chi connectivity index (χ0v) is 18.1. The summed E-state index contributed by atoms with van der Waals surface area (Å²) in [6.07, 6.45) is 0. The second-order valence-corrected chi connectivity index (χ2v) is 7.96. The number of urea groups is 1. The van der Waals surface area contributed by atoms with Crippen LogP contribution in [0.15, 0.2) is 77.6 Å². The van der Waals surface area contributed by atoms with Crippen LogP contribution in [0.1, 0.15) is 16.7 Å². The molecule has 4 rings (SSSR count). The van der Waals surface area contributed by atoms with Crippen LogP contribution in [-0.2, 0) is 13.1 Å². The minimum absolute atomic E-state index is 0.0624. The van der Waals surface area contributed by atoms with Gasteiger partial charge >= 0.3 is 6.03 Å². The molecule has 0 aliphatic rings. The van der Waals surface area contributed by atoms with Crippen LogP contribution < -0.4 is 10.9 Å². The van der Waals surface area contributed by atoms with Gasteiger partial charge in [-0.25, -0.2) is 9.18 Å². The molecule has 0 unspecified atom stereocenters. The number of halogens is 2. The molecule has 1 aromatic heterocycles. The molecule has 0 atom stereocenters. The molecule has 0 bridgehead atoms. The molecule has 7 heteroatoms.